The molecule has 0 N–H and O–H groups in total. The van der Waals surface area contributed by atoms with Crippen LogP contribution in [0.15, 0.2) is 0 Å². The van der Waals surface area contributed by atoms with E-state index in [2.05, 4.69) is 39.1 Å². The van der Waals surface area contributed by atoms with Crippen LogP contribution >= 0.6 is 22.6 Å². The van der Waals surface area contributed by atoms with Crippen molar-refractivity contribution in [3.63, 3.8) is 0 Å². The Kier molecular flexibility index (Phi) is 3.51. The molecule has 3 unspecified atom stereocenters. The molecular weight excluding hydrogens is 344 g/mol. The van der Waals surface area contributed by atoms with E-state index in [-0.39, 0.29) is 16.1 Å². The van der Waals surface area contributed by atoms with Gasteiger partial charge in [0.1, 0.15) is 0 Å². The molecule has 2 heterocycles. The minimum atomic E-state index is -1.51. The second-order valence-electron chi connectivity index (χ2n) is 5.54. The number of fused-ring (bicyclic) bond motifs is 1. The third kappa shape index (κ3) is 1.81. The zero-order valence-corrected chi connectivity index (χ0v) is 14.0. The first-order valence-electron chi connectivity index (χ1n) is 6.37. The van der Waals surface area contributed by atoms with Crippen LogP contribution in [0.1, 0.15) is 50.9 Å². The standard InChI is InChI=1S/C13H21FIN3/c1-7(2)18-11(15)10(5)17-9(4)8(3)16-12(17)13(18,6)14/h7,10-11H,1-6H3. The lowest BCUT2D eigenvalue weighted by molar-refractivity contribution is -0.0863. The van der Waals surface area contributed by atoms with E-state index in [0.717, 1.165) is 11.4 Å². The van der Waals surface area contributed by atoms with E-state index in [1.807, 2.05) is 32.6 Å². The summed E-state index contributed by atoms with van der Waals surface area (Å²) in [6.45, 7) is 11.8. The first-order chi connectivity index (χ1) is 8.19. The number of hydrogen-bond donors (Lipinski definition) is 0. The molecule has 2 rings (SSSR count). The molecule has 3 atom stereocenters. The molecule has 1 aliphatic heterocycles. The molecule has 0 radical (unpaired) electrons. The van der Waals surface area contributed by atoms with Crippen LogP contribution in [0.3, 0.4) is 0 Å². The fourth-order valence-corrected chi connectivity index (χ4v) is 4.41. The predicted molar refractivity (Wildman–Crippen MR) is 79.7 cm³/mol. The van der Waals surface area contributed by atoms with Gasteiger partial charge in [-0.3, -0.25) is 0 Å². The molecule has 1 aromatic rings. The third-order valence-corrected chi connectivity index (χ3v) is 5.55. The maximum Gasteiger partial charge on any atom is 0.220 e. The summed E-state index contributed by atoms with van der Waals surface area (Å²) >= 11 is 2.35. The Morgan fingerprint density at radius 1 is 1.39 bits per heavy atom. The van der Waals surface area contributed by atoms with Crippen LogP contribution in [0, 0.1) is 13.8 Å². The molecule has 0 saturated heterocycles. The van der Waals surface area contributed by atoms with Gasteiger partial charge in [-0.15, -0.1) is 0 Å². The minimum absolute atomic E-state index is 0.123. The summed E-state index contributed by atoms with van der Waals surface area (Å²) in [6.07, 6.45) is 0. The summed E-state index contributed by atoms with van der Waals surface area (Å²) < 4.78 is 17.4. The van der Waals surface area contributed by atoms with Crippen LogP contribution < -0.4 is 0 Å². The number of aromatic nitrogens is 2. The molecule has 102 valence electrons. The molecule has 5 heteroatoms. The fraction of sp³-hybridized carbons (Fsp3) is 0.769. The van der Waals surface area contributed by atoms with Crippen LogP contribution in [-0.4, -0.2) is 24.5 Å². The zero-order valence-electron chi connectivity index (χ0n) is 11.8. The van der Waals surface area contributed by atoms with Crippen molar-refractivity contribution < 1.29 is 4.39 Å². The largest absolute Gasteiger partial charge is 0.323 e. The summed E-state index contributed by atoms with van der Waals surface area (Å²) in [7, 11) is 0. The van der Waals surface area contributed by atoms with Crippen molar-refractivity contribution in [3.8, 4) is 0 Å². The maximum atomic E-state index is 15.2. The number of alkyl halides is 2. The van der Waals surface area contributed by atoms with Gasteiger partial charge < -0.3 is 4.57 Å². The van der Waals surface area contributed by atoms with Crippen molar-refractivity contribution in [2.24, 2.45) is 0 Å². The maximum absolute atomic E-state index is 15.2. The van der Waals surface area contributed by atoms with Gasteiger partial charge in [-0.25, -0.2) is 14.3 Å². The molecule has 0 saturated carbocycles. The molecule has 0 spiro atoms. The van der Waals surface area contributed by atoms with Gasteiger partial charge in [0.15, 0.2) is 5.82 Å². The van der Waals surface area contributed by atoms with Crippen molar-refractivity contribution in [2.75, 3.05) is 0 Å². The highest BCUT2D eigenvalue weighted by atomic mass is 127. The SMILES string of the molecule is Cc1nc2n(c1C)C(C)C(I)N(C(C)C)C2(C)F. The summed E-state index contributed by atoms with van der Waals surface area (Å²) in [5, 5.41) is 0. The number of nitrogens with zero attached hydrogens (tertiary/aromatic N) is 3. The highest BCUT2D eigenvalue weighted by Crippen LogP contribution is 2.44. The van der Waals surface area contributed by atoms with Crippen LogP contribution in [0.2, 0.25) is 0 Å². The van der Waals surface area contributed by atoms with E-state index in [4.69, 9.17) is 0 Å². The monoisotopic (exact) mass is 365 g/mol. The minimum Gasteiger partial charge on any atom is -0.323 e. The van der Waals surface area contributed by atoms with Gasteiger partial charge in [-0.05, 0) is 41.5 Å². The summed E-state index contributed by atoms with van der Waals surface area (Å²) in [6, 6.07) is 0.378. The number of hydrogen-bond acceptors (Lipinski definition) is 2. The van der Waals surface area contributed by atoms with Gasteiger partial charge in [-0.1, -0.05) is 22.6 Å². The number of halogens is 2. The van der Waals surface area contributed by atoms with Crippen LogP contribution in [0.25, 0.3) is 0 Å². The van der Waals surface area contributed by atoms with E-state index < -0.39 is 5.79 Å². The molecular formula is C13H21FIN3. The average Bonchev–Trinajstić information content (AvgIpc) is 2.53. The molecule has 0 amide bonds. The molecule has 1 aromatic heterocycles. The van der Waals surface area contributed by atoms with Gasteiger partial charge >= 0.3 is 0 Å². The van der Waals surface area contributed by atoms with Gasteiger partial charge in [0.05, 0.1) is 15.8 Å². The highest BCUT2D eigenvalue weighted by molar-refractivity contribution is 14.1. The van der Waals surface area contributed by atoms with Gasteiger partial charge in [-0.2, -0.15) is 0 Å². The smallest absolute Gasteiger partial charge is 0.220 e. The lowest BCUT2D eigenvalue weighted by Crippen LogP contribution is -2.56. The lowest BCUT2D eigenvalue weighted by atomic mass is 10.1. The Hall–Kier alpha value is -0.170. The molecule has 18 heavy (non-hydrogen) atoms. The molecule has 1 aliphatic rings. The zero-order chi connectivity index (χ0) is 13.8. The van der Waals surface area contributed by atoms with Crippen LogP contribution in [0.5, 0.6) is 0 Å². The van der Waals surface area contributed by atoms with E-state index in [9.17, 15) is 0 Å². The van der Waals surface area contributed by atoms with Crippen molar-refractivity contribution >= 4 is 22.6 Å². The van der Waals surface area contributed by atoms with Crippen LogP contribution in [0.4, 0.5) is 4.39 Å². The summed E-state index contributed by atoms with van der Waals surface area (Å²) in [5.74, 6) is -0.961. The Bertz CT molecular complexity index is 467. The Labute approximate surface area is 122 Å². The Morgan fingerprint density at radius 3 is 2.44 bits per heavy atom. The van der Waals surface area contributed by atoms with Crippen molar-refractivity contribution in [1.82, 2.24) is 14.5 Å². The normalized spacial score (nSPS) is 32.9. The lowest BCUT2D eigenvalue weighted by Gasteiger charge is -2.47. The van der Waals surface area contributed by atoms with Gasteiger partial charge in [0, 0.05) is 11.7 Å². The van der Waals surface area contributed by atoms with E-state index in [1.165, 1.54) is 0 Å². The van der Waals surface area contributed by atoms with E-state index in [0.29, 0.717) is 5.82 Å². The number of aryl methyl sites for hydroxylation is 1. The Morgan fingerprint density at radius 2 is 1.94 bits per heavy atom. The molecule has 0 aliphatic carbocycles. The second-order valence-corrected chi connectivity index (χ2v) is 6.82. The third-order valence-electron chi connectivity index (χ3n) is 3.91. The highest BCUT2D eigenvalue weighted by Gasteiger charge is 2.49. The van der Waals surface area contributed by atoms with E-state index >= 15 is 4.39 Å². The Balaban J connectivity index is 2.66. The molecule has 0 bridgehead atoms. The van der Waals surface area contributed by atoms with Gasteiger partial charge in [0.2, 0.25) is 5.79 Å². The van der Waals surface area contributed by atoms with Crippen molar-refractivity contribution in [2.45, 2.75) is 63.5 Å². The second kappa shape index (κ2) is 4.44. The topological polar surface area (TPSA) is 21.1 Å². The van der Waals surface area contributed by atoms with Crippen molar-refractivity contribution in [3.05, 3.63) is 17.2 Å². The average molecular weight is 365 g/mol. The number of imidazole rings is 1. The first-order valence-corrected chi connectivity index (χ1v) is 7.61. The van der Waals surface area contributed by atoms with E-state index in [1.54, 1.807) is 6.92 Å². The molecule has 3 nitrogen and oxygen atoms in total. The molecule has 0 aromatic carbocycles. The predicted octanol–water partition coefficient (Wildman–Crippen LogP) is 3.69. The van der Waals surface area contributed by atoms with Gasteiger partial charge in [0.25, 0.3) is 0 Å². The van der Waals surface area contributed by atoms with Crippen LogP contribution in [-0.2, 0) is 5.79 Å². The summed E-state index contributed by atoms with van der Waals surface area (Å²) in [4.78, 5) is 6.38. The summed E-state index contributed by atoms with van der Waals surface area (Å²) in [5.41, 5.74) is 2.00. The number of rotatable bonds is 1. The molecule has 0 fully saturated rings. The first kappa shape index (κ1) is 14.2. The quantitative estimate of drug-likeness (QED) is 0.430. The fourth-order valence-electron chi connectivity index (χ4n) is 2.92. The van der Waals surface area contributed by atoms with Crippen molar-refractivity contribution in [1.29, 1.82) is 0 Å².